The summed E-state index contributed by atoms with van der Waals surface area (Å²) in [5.74, 6) is -3.16. The Labute approximate surface area is 192 Å². The number of hydrogen-bond donors (Lipinski definition) is 0. The Morgan fingerprint density at radius 3 is 1.67 bits per heavy atom. The predicted octanol–water partition coefficient (Wildman–Crippen LogP) is 2.02. The Hall–Kier alpha value is -1.04. The van der Waals surface area contributed by atoms with Crippen LogP contribution in [0.4, 0.5) is 0 Å². The van der Waals surface area contributed by atoms with Gasteiger partial charge in [0.1, 0.15) is 6.10 Å². The lowest BCUT2D eigenvalue weighted by atomic mass is 9.98. The minimum Gasteiger partial charge on any atom is -0.456 e. The standard InChI is InChI=1S/C16H20Cl4O10/c1-6(21)26-11-10(5-25-15(17)16(18,19)20)30-14(29-9(4)24)13(28-8(3)23)12(11)27-7(2)22/h10-15H,5H2,1-4H3/t10-,11-,12+,13-,14+,15?/m1/s1. The number of esters is 4. The molecule has 1 saturated heterocycles. The van der Waals surface area contributed by atoms with Crippen LogP contribution >= 0.6 is 46.4 Å². The third-order valence-corrected chi connectivity index (χ3v) is 4.83. The molecular formula is C16H20Cl4O10. The molecular weight excluding hydrogens is 494 g/mol. The van der Waals surface area contributed by atoms with Crippen molar-refractivity contribution in [1.82, 2.24) is 0 Å². The van der Waals surface area contributed by atoms with Gasteiger partial charge in [-0.3, -0.25) is 19.2 Å². The third-order valence-electron chi connectivity index (χ3n) is 3.44. The summed E-state index contributed by atoms with van der Waals surface area (Å²) in [4.78, 5) is 46.3. The molecule has 0 aromatic carbocycles. The highest BCUT2D eigenvalue weighted by Crippen LogP contribution is 2.36. The molecule has 1 heterocycles. The lowest BCUT2D eigenvalue weighted by Gasteiger charge is -2.43. The van der Waals surface area contributed by atoms with Crippen molar-refractivity contribution in [2.75, 3.05) is 6.61 Å². The van der Waals surface area contributed by atoms with Gasteiger partial charge in [-0.2, -0.15) is 0 Å². The SMILES string of the molecule is CC(=O)O[C@H]1O[C@H](COC(Cl)C(Cl)(Cl)Cl)[C@@H](OC(C)=O)[C@H](OC(C)=O)[C@H]1OC(C)=O. The predicted molar refractivity (Wildman–Crippen MR) is 103 cm³/mol. The number of carbonyl (C=O) groups is 4. The van der Waals surface area contributed by atoms with Gasteiger partial charge in [-0.25, -0.2) is 0 Å². The monoisotopic (exact) mass is 512 g/mol. The average molecular weight is 514 g/mol. The molecule has 0 spiro atoms. The molecule has 1 unspecified atom stereocenters. The van der Waals surface area contributed by atoms with E-state index in [1.807, 2.05) is 0 Å². The second kappa shape index (κ2) is 11.5. The van der Waals surface area contributed by atoms with E-state index >= 15 is 0 Å². The largest absolute Gasteiger partial charge is 0.456 e. The first-order chi connectivity index (χ1) is 13.7. The van der Waals surface area contributed by atoms with Gasteiger partial charge in [-0.15, -0.1) is 0 Å². The molecule has 0 aromatic rings. The smallest absolute Gasteiger partial charge is 0.305 e. The lowest BCUT2D eigenvalue weighted by Crippen LogP contribution is -2.63. The molecule has 0 aliphatic carbocycles. The molecule has 0 amide bonds. The number of ether oxygens (including phenoxy) is 6. The van der Waals surface area contributed by atoms with Crippen LogP contribution in [0.2, 0.25) is 0 Å². The van der Waals surface area contributed by atoms with Crippen LogP contribution in [0.3, 0.4) is 0 Å². The number of carbonyl (C=O) groups excluding carboxylic acids is 4. The van der Waals surface area contributed by atoms with Gasteiger partial charge in [0.2, 0.25) is 16.2 Å². The van der Waals surface area contributed by atoms with Gasteiger partial charge >= 0.3 is 23.9 Å². The van der Waals surface area contributed by atoms with Crippen molar-refractivity contribution >= 4 is 70.3 Å². The minimum absolute atomic E-state index is 0.442. The zero-order valence-electron chi connectivity index (χ0n) is 16.3. The maximum atomic E-state index is 11.7. The van der Waals surface area contributed by atoms with Gasteiger partial charge < -0.3 is 28.4 Å². The quantitative estimate of drug-likeness (QED) is 0.283. The summed E-state index contributed by atoms with van der Waals surface area (Å²) in [6.45, 7) is 3.88. The van der Waals surface area contributed by atoms with E-state index in [1.165, 1.54) is 0 Å². The second-order valence-corrected chi connectivity index (χ2v) is 8.83. The van der Waals surface area contributed by atoms with Crippen LogP contribution in [0, 0.1) is 0 Å². The maximum Gasteiger partial charge on any atom is 0.305 e. The lowest BCUT2D eigenvalue weighted by molar-refractivity contribution is -0.301. The number of hydrogen-bond acceptors (Lipinski definition) is 10. The molecule has 30 heavy (non-hydrogen) atoms. The van der Waals surface area contributed by atoms with E-state index < -0.39 is 70.5 Å². The van der Waals surface area contributed by atoms with Crippen molar-refractivity contribution in [2.24, 2.45) is 0 Å². The Morgan fingerprint density at radius 2 is 1.23 bits per heavy atom. The van der Waals surface area contributed by atoms with E-state index in [0.717, 1.165) is 27.7 Å². The van der Waals surface area contributed by atoms with E-state index in [-0.39, 0.29) is 0 Å². The number of alkyl halides is 4. The molecule has 6 atom stereocenters. The highest BCUT2D eigenvalue weighted by molar-refractivity contribution is 6.70. The van der Waals surface area contributed by atoms with Crippen LogP contribution in [0.1, 0.15) is 27.7 Å². The maximum absolute atomic E-state index is 11.7. The van der Waals surface area contributed by atoms with E-state index in [1.54, 1.807) is 0 Å². The summed E-state index contributed by atoms with van der Waals surface area (Å²) in [6.07, 6.45) is -6.96. The molecule has 14 heteroatoms. The number of rotatable bonds is 7. The molecule has 0 bridgehead atoms. The molecule has 1 aliphatic rings. The summed E-state index contributed by atoms with van der Waals surface area (Å²) in [5, 5.41) is 0. The molecule has 1 fully saturated rings. The number of halogens is 4. The molecule has 1 rings (SSSR count). The van der Waals surface area contributed by atoms with Gasteiger partial charge in [0, 0.05) is 27.7 Å². The van der Waals surface area contributed by atoms with Gasteiger partial charge in [0.25, 0.3) is 0 Å². The summed E-state index contributed by atoms with van der Waals surface area (Å²) in [5.41, 5.74) is -1.44. The summed E-state index contributed by atoms with van der Waals surface area (Å²) < 4.78 is 29.4. The van der Waals surface area contributed by atoms with Crippen molar-refractivity contribution in [3.05, 3.63) is 0 Å². The zero-order chi connectivity index (χ0) is 23.2. The van der Waals surface area contributed by atoms with E-state index in [0.29, 0.717) is 0 Å². The average Bonchev–Trinajstić information content (AvgIpc) is 2.55. The van der Waals surface area contributed by atoms with E-state index in [2.05, 4.69) is 0 Å². The molecule has 0 aromatic heterocycles. The van der Waals surface area contributed by atoms with Crippen molar-refractivity contribution in [2.45, 2.75) is 67.8 Å². The summed E-state index contributed by atoms with van der Waals surface area (Å²) >= 11 is 22.8. The summed E-state index contributed by atoms with van der Waals surface area (Å²) in [7, 11) is 0. The molecule has 10 nitrogen and oxygen atoms in total. The second-order valence-electron chi connectivity index (χ2n) is 6.07. The van der Waals surface area contributed by atoms with E-state index in [4.69, 9.17) is 74.8 Å². The Morgan fingerprint density at radius 1 is 0.800 bits per heavy atom. The van der Waals surface area contributed by atoms with Crippen LogP contribution in [0.5, 0.6) is 0 Å². The minimum atomic E-state index is -2.00. The van der Waals surface area contributed by atoms with Crippen molar-refractivity contribution < 1.29 is 47.6 Å². The Balaban J connectivity index is 3.28. The first kappa shape index (κ1) is 27.0. The molecule has 172 valence electrons. The topological polar surface area (TPSA) is 124 Å². The van der Waals surface area contributed by atoms with Gasteiger partial charge in [0.05, 0.1) is 6.61 Å². The molecule has 0 radical (unpaired) electrons. The first-order valence-corrected chi connectivity index (χ1v) is 9.96. The molecule has 1 aliphatic heterocycles. The zero-order valence-corrected chi connectivity index (χ0v) is 19.3. The molecule has 0 N–H and O–H groups in total. The van der Waals surface area contributed by atoms with Crippen LogP contribution in [0.25, 0.3) is 0 Å². The highest BCUT2D eigenvalue weighted by atomic mass is 35.6. The van der Waals surface area contributed by atoms with Crippen LogP contribution in [0.15, 0.2) is 0 Å². The van der Waals surface area contributed by atoms with Gasteiger partial charge in [-0.1, -0.05) is 46.4 Å². The third kappa shape index (κ3) is 8.60. The summed E-state index contributed by atoms with van der Waals surface area (Å²) in [6, 6.07) is 0. The van der Waals surface area contributed by atoms with Crippen molar-refractivity contribution in [3.8, 4) is 0 Å². The fourth-order valence-electron chi connectivity index (χ4n) is 2.52. The fraction of sp³-hybridized carbons (Fsp3) is 0.750. The van der Waals surface area contributed by atoms with Gasteiger partial charge in [-0.05, 0) is 0 Å². The normalized spacial score (nSPS) is 27.5. The molecule has 0 saturated carbocycles. The Bertz CT molecular complexity index is 652. The van der Waals surface area contributed by atoms with Crippen LogP contribution < -0.4 is 0 Å². The van der Waals surface area contributed by atoms with E-state index in [9.17, 15) is 19.2 Å². The van der Waals surface area contributed by atoms with Crippen LogP contribution in [-0.4, -0.2) is 70.5 Å². The fourth-order valence-corrected chi connectivity index (χ4v) is 2.78. The highest BCUT2D eigenvalue weighted by Gasteiger charge is 2.53. The van der Waals surface area contributed by atoms with Gasteiger partial charge in [0.15, 0.2) is 17.8 Å². The van der Waals surface area contributed by atoms with Crippen molar-refractivity contribution in [3.63, 3.8) is 0 Å². The Kier molecular flexibility index (Phi) is 10.4. The van der Waals surface area contributed by atoms with Crippen LogP contribution in [-0.2, 0) is 47.6 Å². The van der Waals surface area contributed by atoms with Crippen molar-refractivity contribution in [1.29, 1.82) is 0 Å². The first-order valence-electron chi connectivity index (χ1n) is 8.39.